The smallest absolute Gasteiger partial charge is 0.0659 e. The summed E-state index contributed by atoms with van der Waals surface area (Å²) in [5.74, 6) is 1.26. The molecule has 0 aromatic heterocycles. The molecule has 1 heteroatoms. The van der Waals surface area contributed by atoms with E-state index in [1.807, 2.05) is 7.11 Å². The molecule has 0 amide bonds. The first-order valence-corrected chi connectivity index (χ1v) is 9.05. The summed E-state index contributed by atoms with van der Waals surface area (Å²) in [4.78, 5) is 0. The molecule has 1 rings (SSSR count). The van der Waals surface area contributed by atoms with Crippen molar-refractivity contribution < 1.29 is 4.74 Å². The topological polar surface area (TPSA) is 9.23 Å². The molecule has 0 spiro atoms. The predicted molar refractivity (Wildman–Crippen MR) is 98.1 cm³/mol. The fraction of sp³-hybridized carbons (Fsp3) is 0.714. The Hall–Kier alpha value is -0.820. The molecule has 22 heavy (non-hydrogen) atoms. The Morgan fingerprint density at radius 2 is 1.82 bits per heavy atom. The second-order valence-electron chi connectivity index (χ2n) is 7.00. The predicted octanol–water partition coefficient (Wildman–Crippen LogP) is 6.47. The molecule has 1 nitrogen and oxygen atoms in total. The second-order valence-corrected chi connectivity index (χ2v) is 7.00. The van der Waals surface area contributed by atoms with Crippen LogP contribution in [0.1, 0.15) is 72.6 Å². The van der Waals surface area contributed by atoms with Gasteiger partial charge in [0.2, 0.25) is 0 Å². The molecule has 1 aliphatic carbocycles. The van der Waals surface area contributed by atoms with Gasteiger partial charge in [0.1, 0.15) is 0 Å². The number of rotatable bonds is 8. The zero-order chi connectivity index (χ0) is 16.4. The van der Waals surface area contributed by atoms with Crippen LogP contribution in [0.2, 0.25) is 0 Å². The van der Waals surface area contributed by atoms with E-state index in [1.54, 1.807) is 0 Å². The van der Waals surface area contributed by atoms with E-state index in [9.17, 15) is 0 Å². The van der Waals surface area contributed by atoms with Gasteiger partial charge in [-0.3, -0.25) is 0 Å². The Balaban J connectivity index is 2.57. The molecule has 0 unspecified atom stereocenters. The van der Waals surface area contributed by atoms with Crippen molar-refractivity contribution in [3.63, 3.8) is 0 Å². The van der Waals surface area contributed by atoms with Gasteiger partial charge in [-0.2, -0.15) is 0 Å². The Labute approximate surface area is 138 Å². The van der Waals surface area contributed by atoms with E-state index in [1.165, 1.54) is 43.3 Å². The second kappa shape index (κ2) is 10.8. The maximum Gasteiger partial charge on any atom is 0.0659 e. The molecule has 0 aliphatic heterocycles. The Morgan fingerprint density at radius 1 is 1.14 bits per heavy atom. The van der Waals surface area contributed by atoms with Crippen LogP contribution in [0.25, 0.3) is 0 Å². The van der Waals surface area contributed by atoms with E-state index in [0.717, 1.165) is 18.8 Å². The molecule has 126 valence electrons. The van der Waals surface area contributed by atoms with E-state index < -0.39 is 0 Å². The Morgan fingerprint density at radius 3 is 2.41 bits per heavy atom. The highest BCUT2D eigenvalue weighted by atomic mass is 16.5. The van der Waals surface area contributed by atoms with Gasteiger partial charge in [-0.25, -0.2) is 0 Å². The third kappa shape index (κ3) is 6.96. The quantitative estimate of drug-likeness (QED) is 0.467. The van der Waals surface area contributed by atoms with Crippen LogP contribution in [0.15, 0.2) is 35.5 Å². The van der Waals surface area contributed by atoms with E-state index in [4.69, 9.17) is 4.74 Å². The lowest BCUT2D eigenvalue weighted by Gasteiger charge is -2.32. The first kappa shape index (κ1) is 19.2. The molecule has 0 heterocycles. The average Bonchev–Trinajstić information content (AvgIpc) is 2.49. The minimum atomic E-state index is 0.391. The molecule has 0 aromatic rings. The molecule has 1 aliphatic rings. The van der Waals surface area contributed by atoms with Gasteiger partial charge in [0.05, 0.1) is 6.10 Å². The monoisotopic (exact) mass is 304 g/mol. The van der Waals surface area contributed by atoms with Crippen LogP contribution < -0.4 is 0 Å². The summed E-state index contributed by atoms with van der Waals surface area (Å²) in [5, 5.41) is 0. The van der Waals surface area contributed by atoms with Crippen molar-refractivity contribution in [3.05, 3.63) is 35.5 Å². The average molecular weight is 305 g/mol. The summed E-state index contributed by atoms with van der Waals surface area (Å²) in [6.45, 7) is 8.90. The van der Waals surface area contributed by atoms with Crippen molar-refractivity contribution >= 4 is 0 Å². The summed E-state index contributed by atoms with van der Waals surface area (Å²) >= 11 is 0. The van der Waals surface area contributed by atoms with Crippen molar-refractivity contribution in [1.29, 1.82) is 0 Å². The van der Waals surface area contributed by atoms with Crippen LogP contribution in [-0.2, 0) is 4.74 Å². The summed E-state index contributed by atoms with van der Waals surface area (Å²) in [6.07, 6.45) is 18.5. The van der Waals surface area contributed by atoms with Crippen molar-refractivity contribution in [1.82, 2.24) is 0 Å². The summed E-state index contributed by atoms with van der Waals surface area (Å²) < 4.78 is 5.87. The van der Waals surface area contributed by atoms with E-state index in [0.29, 0.717) is 12.0 Å². The third-order valence-corrected chi connectivity index (χ3v) is 4.85. The highest BCUT2D eigenvalue weighted by molar-refractivity contribution is 5.14. The van der Waals surface area contributed by atoms with Gasteiger partial charge >= 0.3 is 0 Å². The highest BCUT2D eigenvalue weighted by Gasteiger charge is 2.27. The lowest BCUT2D eigenvalue weighted by molar-refractivity contribution is 0.0116. The number of hydrogen-bond donors (Lipinski definition) is 0. The van der Waals surface area contributed by atoms with Gasteiger partial charge in [-0.1, -0.05) is 61.6 Å². The fourth-order valence-electron chi connectivity index (χ4n) is 3.82. The maximum atomic E-state index is 5.87. The van der Waals surface area contributed by atoms with Crippen molar-refractivity contribution in [2.75, 3.05) is 7.11 Å². The van der Waals surface area contributed by atoms with Crippen LogP contribution in [-0.4, -0.2) is 13.2 Å². The first-order chi connectivity index (χ1) is 10.6. The van der Waals surface area contributed by atoms with Gasteiger partial charge in [-0.05, 0) is 52.4 Å². The van der Waals surface area contributed by atoms with Gasteiger partial charge in [0, 0.05) is 13.0 Å². The largest absolute Gasteiger partial charge is 0.381 e. The van der Waals surface area contributed by atoms with Gasteiger partial charge in [0.25, 0.3) is 0 Å². The molecule has 0 bridgehead atoms. The number of methoxy groups -OCH3 is 1. The van der Waals surface area contributed by atoms with Crippen molar-refractivity contribution in [2.45, 2.75) is 78.7 Å². The lowest BCUT2D eigenvalue weighted by Crippen LogP contribution is -2.30. The van der Waals surface area contributed by atoms with E-state index in [2.05, 4.69) is 52.0 Å². The fourth-order valence-corrected chi connectivity index (χ4v) is 3.82. The van der Waals surface area contributed by atoms with Gasteiger partial charge in [0.15, 0.2) is 0 Å². The Bertz CT molecular complexity index is 383. The zero-order valence-electron chi connectivity index (χ0n) is 15.4. The van der Waals surface area contributed by atoms with Crippen LogP contribution in [0, 0.1) is 11.8 Å². The highest BCUT2D eigenvalue weighted by Crippen LogP contribution is 2.32. The molecular formula is C21H36O. The minimum Gasteiger partial charge on any atom is -0.381 e. The van der Waals surface area contributed by atoms with E-state index in [-0.39, 0.29) is 0 Å². The molecule has 0 N–H and O–H groups in total. The molecular weight excluding hydrogens is 268 g/mol. The van der Waals surface area contributed by atoms with Crippen molar-refractivity contribution in [2.24, 2.45) is 11.8 Å². The molecule has 0 aromatic carbocycles. The first-order valence-electron chi connectivity index (χ1n) is 9.05. The molecule has 1 fully saturated rings. The third-order valence-electron chi connectivity index (χ3n) is 4.85. The van der Waals surface area contributed by atoms with E-state index >= 15 is 0 Å². The van der Waals surface area contributed by atoms with Crippen LogP contribution in [0.4, 0.5) is 0 Å². The van der Waals surface area contributed by atoms with Crippen LogP contribution in [0.5, 0.6) is 0 Å². The van der Waals surface area contributed by atoms with Crippen LogP contribution >= 0.6 is 0 Å². The standard InChI is InChI=1S/C21H36O/c1-6-7-9-12-17(2)15-18(3)16-19(4)21(22-5)20-13-10-8-11-14-20/h6-7,12,16,19-21H,8-11,13-15H2,1-5H3/b7-6-,17-12-,18-16+/t19-,21-/m0/s1. The van der Waals surface area contributed by atoms with Crippen LogP contribution in [0.3, 0.4) is 0 Å². The number of ether oxygens (including phenoxy) is 1. The SMILES string of the molecule is C/C=C\C/C=C(/C)C/C(C)=C/[C@H](C)[C@H](OC)C1CCCCC1. The summed E-state index contributed by atoms with van der Waals surface area (Å²) in [7, 11) is 1.89. The minimum absolute atomic E-state index is 0.391. The molecule has 0 saturated heterocycles. The molecule has 0 radical (unpaired) electrons. The van der Waals surface area contributed by atoms with Gasteiger partial charge in [-0.15, -0.1) is 0 Å². The molecule has 1 saturated carbocycles. The number of allylic oxidation sites excluding steroid dienone is 5. The number of hydrogen-bond acceptors (Lipinski definition) is 1. The zero-order valence-corrected chi connectivity index (χ0v) is 15.4. The normalized spacial score (nSPS) is 21.3. The lowest BCUT2D eigenvalue weighted by atomic mass is 9.80. The molecule has 2 atom stereocenters. The summed E-state index contributed by atoms with van der Waals surface area (Å²) in [5.41, 5.74) is 2.94. The Kier molecular flexibility index (Phi) is 9.47. The summed E-state index contributed by atoms with van der Waals surface area (Å²) in [6, 6.07) is 0. The van der Waals surface area contributed by atoms with Gasteiger partial charge < -0.3 is 4.74 Å². The van der Waals surface area contributed by atoms with Crippen molar-refractivity contribution in [3.8, 4) is 0 Å². The maximum absolute atomic E-state index is 5.87.